The molecule has 1 aromatic carbocycles. The van der Waals surface area contributed by atoms with Crippen LogP contribution in [0.2, 0.25) is 5.02 Å². The molecule has 0 radical (unpaired) electrons. The maximum absolute atomic E-state index is 5.98. The van der Waals surface area contributed by atoms with Gasteiger partial charge in [0.05, 0.1) is 6.54 Å². The minimum absolute atomic E-state index is 0.730. The predicted molar refractivity (Wildman–Crippen MR) is 80.4 cm³/mol. The lowest BCUT2D eigenvalue weighted by Gasteiger charge is -2.02. The molecule has 0 saturated heterocycles. The first-order chi connectivity index (χ1) is 9.29. The Morgan fingerprint density at radius 3 is 2.84 bits per heavy atom. The van der Waals surface area contributed by atoms with E-state index in [2.05, 4.69) is 12.2 Å². The monoisotopic (exact) mass is 277 g/mol. The summed E-state index contributed by atoms with van der Waals surface area (Å²) in [6, 6.07) is 11.7. The SMILES string of the molecule is CCCCCNCc1ccc(-c2cccc(Cl)c2)o1. The van der Waals surface area contributed by atoms with Crippen LogP contribution in [0, 0.1) is 0 Å². The summed E-state index contributed by atoms with van der Waals surface area (Å²) in [4.78, 5) is 0. The second-order valence-electron chi connectivity index (χ2n) is 4.66. The van der Waals surface area contributed by atoms with Crippen LogP contribution in [0.1, 0.15) is 31.9 Å². The summed E-state index contributed by atoms with van der Waals surface area (Å²) >= 11 is 5.98. The molecule has 0 amide bonds. The number of hydrogen-bond acceptors (Lipinski definition) is 2. The van der Waals surface area contributed by atoms with Crippen molar-refractivity contribution >= 4 is 11.6 Å². The van der Waals surface area contributed by atoms with Crippen LogP contribution >= 0.6 is 11.6 Å². The number of furan rings is 1. The predicted octanol–water partition coefficient (Wildman–Crippen LogP) is 4.88. The van der Waals surface area contributed by atoms with E-state index in [0.717, 1.165) is 35.2 Å². The third-order valence-electron chi connectivity index (χ3n) is 3.03. The molecule has 0 aliphatic rings. The van der Waals surface area contributed by atoms with E-state index in [1.165, 1.54) is 19.3 Å². The highest BCUT2D eigenvalue weighted by atomic mass is 35.5. The van der Waals surface area contributed by atoms with Crippen molar-refractivity contribution in [2.24, 2.45) is 0 Å². The summed E-state index contributed by atoms with van der Waals surface area (Å²) in [6.45, 7) is 4.04. The van der Waals surface area contributed by atoms with Crippen molar-refractivity contribution in [2.75, 3.05) is 6.54 Å². The first-order valence-electron chi connectivity index (χ1n) is 6.85. The molecule has 0 fully saturated rings. The highest BCUT2D eigenvalue weighted by Crippen LogP contribution is 2.24. The van der Waals surface area contributed by atoms with Gasteiger partial charge in [0.25, 0.3) is 0 Å². The van der Waals surface area contributed by atoms with Crippen LogP contribution in [0.5, 0.6) is 0 Å². The molecule has 1 aromatic heterocycles. The molecule has 0 atom stereocenters. The van der Waals surface area contributed by atoms with Crippen molar-refractivity contribution in [3.63, 3.8) is 0 Å². The number of nitrogens with one attached hydrogen (secondary N) is 1. The van der Waals surface area contributed by atoms with Gasteiger partial charge >= 0.3 is 0 Å². The topological polar surface area (TPSA) is 25.2 Å². The first-order valence-corrected chi connectivity index (χ1v) is 7.23. The Kier molecular flexibility index (Phi) is 5.49. The Morgan fingerprint density at radius 1 is 1.16 bits per heavy atom. The maximum atomic E-state index is 5.98. The van der Waals surface area contributed by atoms with Gasteiger partial charge < -0.3 is 9.73 Å². The van der Waals surface area contributed by atoms with Gasteiger partial charge in [-0.1, -0.05) is 43.5 Å². The first kappa shape index (κ1) is 14.2. The van der Waals surface area contributed by atoms with E-state index in [1.807, 2.05) is 36.4 Å². The molecule has 0 unspecified atom stereocenters. The minimum Gasteiger partial charge on any atom is -0.460 e. The third kappa shape index (κ3) is 4.41. The fourth-order valence-corrected chi connectivity index (χ4v) is 2.17. The van der Waals surface area contributed by atoms with Gasteiger partial charge in [-0.15, -0.1) is 0 Å². The molecule has 1 N–H and O–H groups in total. The van der Waals surface area contributed by atoms with Crippen LogP contribution < -0.4 is 5.32 Å². The van der Waals surface area contributed by atoms with Gasteiger partial charge in [0.15, 0.2) is 0 Å². The molecule has 2 aromatic rings. The molecule has 0 saturated carbocycles. The molecule has 1 heterocycles. The van der Waals surface area contributed by atoms with Crippen molar-refractivity contribution in [1.82, 2.24) is 5.32 Å². The highest BCUT2D eigenvalue weighted by molar-refractivity contribution is 6.30. The molecule has 0 spiro atoms. The van der Waals surface area contributed by atoms with E-state index in [1.54, 1.807) is 0 Å². The molecule has 0 aliphatic heterocycles. The zero-order chi connectivity index (χ0) is 13.5. The van der Waals surface area contributed by atoms with Crippen LogP contribution in [-0.4, -0.2) is 6.54 Å². The van der Waals surface area contributed by atoms with E-state index < -0.39 is 0 Å². The summed E-state index contributed by atoms with van der Waals surface area (Å²) in [7, 11) is 0. The Hall–Kier alpha value is -1.25. The van der Waals surface area contributed by atoms with Crippen molar-refractivity contribution < 1.29 is 4.42 Å². The quantitative estimate of drug-likeness (QED) is 0.730. The van der Waals surface area contributed by atoms with Crippen molar-refractivity contribution in [1.29, 1.82) is 0 Å². The van der Waals surface area contributed by atoms with Gasteiger partial charge in [-0.2, -0.15) is 0 Å². The van der Waals surface area contributed by atoms with Crippen molar-refractivity contribution in [2.45, 2.75) is 32.7 Å². The maximum Gasteiger partial charge on any atom is 0.134 e. The normalized spacial score (nSPS) is 10.8. The molecule has 19 heavy (non-hydrogen) atoms. The number of rotatable bonds is 7. The highest BCUT2D eigenvalue weighted by Gasteiger charge is 2.04. The lowest BCUT2D eigenvalue weighted by molar-refractivity contribution is 0.488. The zero-order valence-electron chi connectivity index (χ0n) is 11.3. The molecule has 2 rings (SSSR count). The van der Waals surface area contributed by atoms with Crippen LogP contribution in [0.4, 0.5) is 0 Å². The third-order valence-corrected chi connectivity index (χ3v) is 3.26. The van der Waals surface area contributed by atoms with Crippen molar-refractivity contribution in [3.05, 3.63) is 47.2 Å². The minimum atomic E-state index is 0.730. The average molecular weight is 278 g/mol. The second kappa shape index (κ2) is 7.37. The van der Waals surface area contributed by atoms with E-state index in [-0.39, 0.29) is 0 Å². The standard InChI is InChI=1S/C16H20ClNO/c1-2-3-4-10-18-12-15-8-9-16(19-15)13-6-5-7-14(17)11-13/h5-9,11,18H,2-4,10,12H2,1H3. The van der Waals surface area contributed by atoms with Gasteiger partial charge in [0, 0.05) is 10.6 Å². The van der Waals surface area contributed by atoms with Crippen molar-refractivity contribution in [3.8, 4) is 11.3 Å². The molecule has 2 nitrogen and oxygen atoms in total. The summed E-state index contributed by atoms with van der Waals surface area (Å²) in [5, 5.41) is 4.12. The van der Waals surface area contributed by atoms with Gasteiger partial charge in [0.2, 0.25) is 0 Å². The van der Waals surface area contributed by atoms with Crippen LogP contribution in [-0.2, 0) is 6.54 Å². The van der Waals surface area contributed by atoms with E-state index in [4.69, 9.17) is 16.0 Å². The van der Waals surface area contributed by atoms with E-state index in [9.17, 15) is 0 Å². The molecular formula is C16H20ClNO. The number of hydrogen-bond donors (Lipinski definition) is 1. The zero-order valence-corrected chi connectivity index (χ0v) is 12.0. The average Bonchev–Trinajstić information content (AvgIpc) is 2.87. The van der Waals surface area contributed by atoms with E-state index in [0.29, 0.717) is 0 Å². The van der Waals surface area contributed by atoms with Crippen LogP contribution in [0.15, 0.2) is 40.8 Å². The molecule has 3 heteroatoms. The lowest BCUT2D eigenvalue weighted by Crippen LogP contribution is -2.13. The summed E-state index contributed by atoms with van der Waals surface area (Å²) in [5.74, 6) is 1.83. The smallest absolute Gasteiger partial charge is 0.134 e. The Labute approximate surface area is 119 Å². The van der Waals surface area contributed by atoms with Gasteiger partial charge in [-0.3, -0.25) is 0 Å². The summed E-state index contributed by atoms with van der Waals surface area (Å²) < 4.78 is 5.81. The van der Waals surface area contributed by atoms with E-state index >= 15 is 0 Å². The number of halogens is 1. The Balaban J connectivity index is 1.88. The fourth-order valence-electron chi connectivity index (χ4n) is 1.98. The van der Waals surface area contributed by atoms with Crippen LogP contribution in [0.3, 0.4) is 0 Å². The lowest BCUT2D eigenvalue weighted by atomic mass is 10.2. The number of benzene rings is 1. The second-order valence-corrected chi connectivity index (χ2v) is 5.10. The molecule has 0 bridgehead atoms. The van der Waals surface area contributed by atoms with Gasteiger partial charge in [-0.25, -0.2) is 0 Å². The number of unbranched alkanes of at least 4 members (excludes halogenated alkanes) is 2. The molecule has 102 valence electrons. The Morgan fingerprint density at radius 2 is 2.05 bits per heavy atom. The van der Waals surface area contributed by atoms with Crippen LogP contribution in [0.25, 0.3) is 11.3 Å². The van der Waals surface area contributed by atoms with Gasteiger partial charge in [0.1, 0.15) is 11.5 Å². The Bertz CT molecular complexity index is 507. The largest absolute Gasteiger partial charge is 0.460 e. The summed E-state index contributed by atoms with van der Waals surface area (Å²) in [5.41, 5.74) is 1.02. The summed E-state index contributed by atoms with van der Waals surface area (Å²) in [6.07, 6.45) is 3.75. The fraction of sp³-hybridized carbons (Fsp3) is 0.375. The molecular weight excluding hydrogens is 258 g/mol. The van der Waals surface area contributed by atoms with Gasteiger partial charge in [-0.05, 0) is 37.2 Å². The molecule has 0 aliphatic carbocycles.